The smallest absolute Gasteiger partial charge is 0.242 e. The lowest BCUT2D eigenvalue weighted by Gasteiger charge is -2.30. The van der Waals surface area contributed by atoms with Crippen LogP contribution in [0.3, 0.4) is 0 Å². The minimum Gasteiger partial charge on any atom is -0.352 e. The predicted molar refractivity (Wildman–Crippen MR) is 87.3 cm³/mol. The molecule has 1 saturated heterocycles. The van der Waals surface area contributed by atoms with E-state index in [4.69, 9.17) is 0 Å². The van der Waals surface area contributed by atoms with Crippen molar-refractivity contribution < 1.29 is 13.2 Å². The van der Waals surface area contributed by atoms with Crippen LogP contribution in [0.2, 0.25) is 0 Å². The average Bonchev–Trinajstić information content (AvgIpc) is 2.50. The Labute approximate surface area is 132 Å². The summed E-state index contributed by atoms with van der Waals surface area (Å²) >= 11 is 0. The van der Waals surface area contributed by atoms with Crippen molar-refractivity contribution in [1.29, 1.82) is 0 Å². The van der Waals surface area contributed by atoms with E-state index in [-0.39, 0.29) is 29.5 Å². The molecule has 1 aliphatic rings. The fourth-order valence-electron chi connectivity index (χ4n) is 2.74. The molecule has 1 fully saturated rings. The maximum atomic E-state index is 12.7. The number of likely N-dealkylation sites (N-methyl/N-ethyl adjacent to an activating group) is 1. The molecule has 5 nitrogen and oxygen atoms in total. The van der Waals surface area contributed by atoms with E-state index in [1.165, 1.54) is 0 Å². The number of hydrogen-bond donors (Lipinski definition) is 1. The Morgan fingerprint density at radius 2 is 1.86 bits per heavy atom. The van der Waals surface area contributed by atoms with E-state index in [1.807, 2.05) is 49.2 Å². The van der Waals surface area contributed by atoms with E-state index in [0.717, 1.165) is 12.1 Å². The Balaban J connectivity index is 2.07. The predicted octanol–water partition coefficient (Wildman–Crippen LogP) is 1.37. The molecule has 1 heterocycles. The normalized spacial score (nSPS) is 19.8. The highest BCUT2D eigenvalue weighted by atomic mass is 32.2. The highest BCUT2D eigenvalue weighted by molar-refractivity contribution is 7.91. The zero-order chi connectivity index (χ0) is 16.2. The molecule has 1 aromatic rings. The number of hydrogen-bond acceptors (Lipinski definition) is 4. The zero-order valence-corrected chi connectivity index (χ0v) is 14.0. The van der Waals surface area contributed by atoms with E-state index >= 15 is 0 Å². The first kappa shape index (κ1) is 17.0. The van der Waals surface area contributed by atoms with Crippen LogP contribution < -0.4 is 5.32 Å². The lowest BCUT2D eigenvalue weighted by molar-refractivity contribution is -0.127. The quantitative estimate of drug-likeness (QED) is 0.888. The molecule has 1 atom stereocenters. The number of nitrogens with zero attached hydrogens (tertiary/aromatic N) is 1. The zero-order valence-electron chi connectivity index (χ0n) is 13.2. The van der Waals surface area contributed by atoms with Gasteiger partial charge in [-0.3, -0.25) is 9.69 Å². The Morgan fingerprint density at radius 3 is 2.41 bits per heavy atom. The summed E-state index contributed by atoms with van der Waals surface area (Å²) in [6.45, 7) is 2.77. The van der Waals surface area contributed by atoms with Crippen LogP contribution in [0, 0.1) is 0 Å². The minimum absolute atomic E-state index is 0.0486. The third-order valence-corrected chi connectivity index (χ3v) is 5.92. The lowest BCUT2D eigenvalue weighted by Crippen LogP contribution is -2.46. The van der Waals surface area contributed by atoms with Gasteiger partial charge in [-0.2, -0.15) is 0 Å². The molecular formula is C16H24N2O3S. The van der Waals surface area contributed by atoms with Gasteiger partial charge < -0.3 is 5.32 Å². The van der Waals surface area contributed by atoms with Gasteiger partial charge in [0.2, 0.25) is 5.91 Å². The van der Waals surface area contributed by atoms with Crippen molar-refractivity contribution in [3.63, 3.8) is 0 Å². The van der Waals surface area contributed by atoms with E-state index in [1.54, 1.807) is 0 Å². The van der Waals surface area contributed by atoms with Gasteiger partial charge in [-0.25, -0.2) is 8.42 Å². The second-order valence-corrected chi connectivity index (χ2v) is 8.12. The summed E-state index contributed by atoms with van der Waals surface area (Å²) in [4.78, 5) is 14.7. The first-order chi connectivity index (χ1) is 10.4. The molecule has 0 aliphatic carbocycles. The molecule has 1 aromatic carbocycles. The van der Waals surface area contributed by atoms with E-state index in [2.05, 4.69) is 5.32 Å². The number of nitrogens with one attached hydrogen (secondary N) is 1. The maximum Gasteiger partial charge on any atom is 0.242 e. The van der Waals surface area contributed by atoms with Crippen LogP contribution in [0.5, 0.6) is 0 Å². The van der Waals surface area contributed by atoms with Crippen LogP contribution in [0.4, 0.5) is 0 Å². The molecule has 6 heteroatoms. The van der Waals surface area contributed by atoms with Gasteiger partial charge in [-0.05, 0) is 32.0 Å². The fourth-order valence-corrected chi connectivity index (χ4v) is 4.23. The summed E-state index contributed by atoms with van der Waals surface area (Å²) in [6, 6.07) is 9.27. The van der Waals surface area contributed by atoms with Crippen molar-refractivity contribution >= 4 is 15.7 Å². The fraction of sp³-hybridized carbons (Fsp3) is 0.562. The van der Waals surface area contributed by atoms with Crippen LogP contribution in [-0.2, 0) is 14.6 Å². The molecule has 1 amide bonds. The van der Waals surface area contributed by atoms with Gasteiger partial charge in [-0.15, -0.1) is 0 Å². The van der Waals surface area contributed by atoms with Crippen molar-refractivity contribution in [2.24, 2.45) is 0 Å². The second kappa shape index (κ2) is 7.24. The summed E-state index contributed by atoms with van der Waals surface area (Å²) in [7, 11) is -0.987. The molecular weight excluding hydrogens is 300 g/mol. The molecule has 22 heavy (non-hydrogen) atoms. The highest BCUT2D eigenvalue weighted by Crippen LogP contribution is 2.21. The SMILES string of the molecule is CCN(C)[C@@H](C(=O)NC1CCS(=O)(=O)CC1)c1ccccc1. The molecule has 1 N–H and O–H groups in total. The number of carbonyl (C=O) groups is 1. The number of rotatable bonds is 5. The second-order valence-electron chi connectivity index (χ2n) is 5.82. The van der Waals surface area contributed by atoms with E-state index < -0.39 is 9.84 Å². The van der Waals surface area contributed by atoms with Crippen LogP contribution in [0.1, 0.15) is 31.4 Å². The van der Waals surface area contributed by atoms with Gasteiger partial charge in [0.05, 0.1) is 11.5 Å². The summed E-state index contributed by atoms with van der Waals surface area (Å²) < 4.78 is 22.9. The molecule has 0 spiro atoms. The molecule has 0 saturated carbocycles. The summed E-state index contributed by atoms with van der Waals surface area (Å²) in [6.07, 6.45) is 1.01. The third kappa shape index (κ3) is 4.30. The Kier molecular flexibility index (Phi) is 5.58. The van der Waals surface area contributed by atoms with Gasteiger partial charge >= 0.3 is 0 Å². The molecule has 122 valence electrons. The van der Waals surface area contributed by atoms with Crippen molar-refractivity contribution in [2.75, 3.05) is 25.1 Å². The summed E-state index contributed by atoms with van der Waals surface area (Å²) in [5.74, 6) is 0.273. The van der Waals surface area contributed by atoms with Gasteiger partial charge in [0.15, 0.2) is 0 Å². The number of amides is 1. The molecule has 0 radical (unpaired) electrons. The maximum absolute atomic E-state index is 12.7. The van der Waals surface area contributed by atoms with Gasteiger partial charge in [0.1, 0.15) is 15.9 Å². The minimum atomic E-state index is -2.91. The Hall–Kier alpha value is -1.40. The lowest BCUT2D eigenvalue weighted by atomic mass is 10.0. The topological polar surface area (TPSA) is 66.5 Å². The van der Waals surface area contributed by atoms with E-state index in [9.17, 15) is 13.2 Å². The van der Waals surface area contributed by atoms with Crippen molar-refractivity contribution in [1.82, 2.24) is 10.2 Å². The number of benzene rings is 1. The molecule has 2 rings (SSSR count). The summed E-state index contributed by atoms with van der Waals surface area (Å²) in [5, 5.41) is 3.03. The Bertz CT molecular complexity index is 587. The van der Waals surface area contributed by atoms with Gasteiger partial charge in [0.25, 0.3) is 0 Å². The number of sulfone groups is 1. The number of carbonyl (C=O) groups excluding carboxylic acids is 1. The van der Waals surface area contributed by atoms with Gasteiger partial charge in [0, 0.05) is 6.04 Å². The largest absolute Gasteiger partial charge is 0.352 e. The first-order valence-electron chi connectivity index (χ1n) is 7.69. The average molecular weight is 324 g/mol. The third-order valence-electron chi connectivity index (χ3n) is 4.20. The van der Waals surface area contributed by atoms with Crippen LogP contribution >= 0.6 is 0 Å². The molecule has 0 unspecified atom stereocenters. The van der Waals surface area contributed by atoms with Crippen LogP contribution in [0.25, 0.3) is 0 Å². The first-order valence-corrected chi connectivity index (χ1v) is 9.51. The Morgan fingerprint density at radius 1 is 1.27 bits per heavy atom. The van der Waals surface area contributed by atoms with Crippen molar-refractivity contribution in [3.05, 3.63) is 35.9 Å². The van der Waals surface area contributed by atoms with Crippen LogP contribution in [-0.4, -0.2) is 50.4 Å². The standard InChI is InChI=1S/C16H24N2O3S/c1-3-18(2)15(13-7-5-4-6-8-13)16(19)17-14-9-11-22(20,21)12-10-14/h4-8,14-15H,3,9-12H2,1-2H3,(H,17,19)/t15-/m1/s1. The highest BCUT2D eigenvalue weighted by Gasteiger charge is 2.29. The molecule has 0 bridgehead atoms. The van der Waals surface area contributed by atoms with Gasteiger partial charge in [-0.1, -0.05) is 37.3 Å². The molecule has 1 aliphatic heterocycles. The monoisotopic (exact) mass is 324 g/mol. The van der Waals surface area contributed by atoms with Crippen molar-refractivity contribution in [2.45, 2.75) is 31.8 Å². The van der Waals surface area contributed by atoms with Crippen LogP contribution in [0.15, 0.2) is 30.3 Å². The van der Waals surface area contributed by atoms with Crippen molar-refractivity contribution in [3.8, 4) is 0 Å². The molecule has 0 aromatic heterocycles. The van der Waals surface area contributed by atoms with E-state index in [0.29, 0.717) is 12.8 Å². The summed E-state index contributed by atoms with van der Waals surface area (Å²) in [5.41, 5.74) is 0.952.